The van der Waals surface area contributed by atoms with Gasteiger partial charge in [0.2, 0.25) is 0 Å². The molecule has 51 valence electrons. The SMILES string of the molecule is [Ce+3].[Mn+2].[O-2].[O-2].[O-2].[O-2].[O-2].[V]. The first-order valence-corrected chi connectivity index (χ1v) is 0. The Kier molecular flexibility index (Phi) is 2600. The van der Waals surface area contributed by atoms with Crippen LogP contribution in [0.3, 0.4) is 0 Å². The summed E-state index contributed by atoms with van der Waals surface area (Å²) >= 11 is 0. The molecule has 0 atom stereocenters. The first-order valence-electron chi connectivity index (χ1n) is 0. The maximum atomic E-state index is 0. The molecule has 0 aliphatic carbocycles. The van der Waals surface area contributed by atoms with Gasteiger partial charge >= 0.3 is 58.8 Å². The second-order valence-electron chi connectivity index (χ2n) is 0. The van der Waals surface area contributed by atoms with Crippen molar-refractivity contribution in [2.45, 2.75) is 0 Å². The minimum Gasteiger partial charge on any atom is -2.00 e. The molecule has 8 heavy (non-hydrogen) atoms. The van der Waals surface area contributed by atoms with E-state index in [-0.39, 0.29) is 105 Å². The fourth-order valence-corrected chi connectivity index (χ4v) is 0. The normalized spacial score (nSPS) is 0. The van der Waals surface area contributed by atoms with E-state index < -0.39 is 0 Å². The van der Waals surface area contributed by atoms with E-state index in [0.717, 1.165) is 0 Å². The van der Waals surface area contributed by atoms with Crippen LogP contribution in [0, 0.1) is 41.7 Å². The Labute approximate surface area is 103 Å². The van der Waals surface area contributed by atoms with Crippen molar-refractivity contribution < 1.29 is 105 Å². The van der Waals surface area contributed by atoms with Gasteiger partial charge < -0.3 is 27.4 Å². The van der Waals surface area contributed by atoms with Crippen molar-refractivity contribution in [3.8, 4) is 0 Å². The zero-order chi connectivity index (χ0) is 0. The van der Waals surface area contributed by atoms with Crippen LogP contribution in [0.15, 0.2) is 0 Å². The topological polar surface area (TPSA) is 142 Å². The van der Waals surface area contributed by atoms with E-state index in [1.165, 1.54) is 0 Å². The summed E-state index contributed by atoms with van der Waals surface area (Å²) in [4.78, 5) is 0. The summed E-state index contributed by atoms with van der Waals surface area (Å²) in [7, 11) is 0. The monoisotopic (exact) mass is 326 g/mol. The van der Waals surface area contributed by atoms with Gasteiger partial charge in [0.15, 0.2) is 0 Å². The Morgan fingerprint density at radius 3 is 0.500 bits per heavy atom. The van der Waals surface area contributed by atoms with Gasteiger partial charge in [-0.2, -0.15) is 0 Å². The van der Waals surface area contributed by atoms with Gasteiger partial charge in [-0.15, -0.1) is 0 Å². The summed E-state index contributed by atoms with van der Waals surface area (Å²) in [5.74, 6) is 0. The molecule has 5 nitrogen and oxygen atoms in total. The van der Waals surface area contributed by atoms with Gasteiger partial charge in [0.1, 0.15) is 0 Å². The molecular weight excluding hydrogens is 326 g/mol. The van der Waals surface area contributed by atoms with Crippen LogP contribution in [-0.2, 0) is 63.0 Å². The molecule has 0 fully saturated rings. The van der Waals surface area contributed by atoms with Gasteiger partial charge in [-0.3, -0.25) is 0 Å². The van der Waals surface area contributed by atoms with Crippen molar-refractivity contribution in [1.29, 1.82) is 0 Å². The molecule has 0 bridgehead atoms. The molecule has 0 aliphatic heterocycles. The molecule has 3 radical (unpaired) electrons. The Bertz CT molecular complexity index is 12.4. The van der Waals surface area contributed by atoms with Gasteiger partial charge in [-0.1, -0.05) is 0 Å². The van der Waals surface area contributed by atoms with E-state index in [0.29, 0.717) is 0 Å². The Morgan fingerprint density at radius 1 is 0.500 bits per heavy atom. The van der Waals surface area contributed by atoms with Crippen LogP contribution in [0.1, 0.15) is 0 Å². The van der Waals surface area contributed by atoms with E-state index >= 15 is 0 Å². The summed E-state index contributed by atoms with van der Waals surface area (Å²) in [5, 5.41) is 0. The molecule has 0 aliphatic rings. The van der Waals surface area contributed by atoms with Crippen LogP contribution in [0.25, 0.3) is 0 Å². The molecule has 0 N–H and O–H groups in total. The molecule has 8 heteroatoms. The van der Waals surface area contributed by atoms with Gasteiger partial charge in [0, 0.05) is 18.6 Å². The Balaban J connectivity index is 0. The van der Waals surface area contributed by atoms with Gasteiger partial charge in [-0.25, -0.2) is 0 Å². The largest absolute Gasteiger partial charge is 3.00 e. The standard InChI is InChI=1S/Ce.Mn.5O.V/q+3;+2;5*-2;. The molecule has 0 heterocycles. The average molecular weight is 326 g/mol. The van der Waals surface area contributed by atoms with Gasteiger partial charge in [-0.05, 0) is 0 Å². The van der Waals surface area contributed by atoms with E-state index in [1.807, 2.05) is 0 Å². The van der Waals surface area contributed by atoms with E-state index in [2.05, 4.69) is 0 Å². The van der Waals surface area contributed by atoms with Crippen molar-refractivity contribution in [2.75, 3.05) is 0 Å². The van der Waals surface area contributed by atoms with Gasteiger partial charge in [0.25, 0.3) is 0 Å². The minimum absolute atomic E-state index is 0. The van der Waals surface area contributed by atoms with Crippen molar-refractivity contribution in [2.24, 2.45) is 0 Å². The zero-order valence-corrected chi connectivity index (χ0v) is 9.08. The Morgan fingerprint density at radius 2 is 0.500 bits per heavy atom. The first kappa shape index (κ1) is 170. The molecule has 0 amide bonds. The quantitative estimate of drug-likeness (QED) is 0.524. The van der Waals surface area contributed by atoms with Crippen molar-refractivity contribution in [3.63, 3.8) is 0 Å². The van der Waals surface area contributed by atoms with Crippen molar-refractivity contribution in [3.05, 3.63) is 0 Å². The average Bonchev–Trinajstić information content (AvgIpc) is 0. The smallest absolute Gasteiger partial charge is 2.00 e. The minimum atomic E-state index is 0. The zero-order valence-electron chi connectivity index (χ0n) is 3.37. The predicted octanol–water partition coefficient (Wildman–Crippen LogP) is -0.599. The molecular formula is CeMnO5V-5. The van der Waals surface area contributed by atoms with Crippen LogP contribution < -0.4 is 0 Å². The summed E-state index contributed by atoms with van der Waals surface area (Å²) in [6.45, 7) is 0. The molecule has 0 aromatic heterocycles. The second kappa shape index (κ2) is 122. The summed E-state index contributed by atoms with van der Waals surface area (Å²) in [6, 6.07) is 0. The van der Waals surface area contributed by atoms with Crippen molar-refractivity contribution >= 4 is 0 Å². The first-order chi connectivity index (χ1) is 0. The number of rotatable bonds is 0. The maximum absolute atomic E-state index is 0. The van der Waals surface area contributed by atoms with Crippen LogP contribution in [0.4, 0.5) is 0 Å². The van der Waals surface area contributed by atoms with Crippen LogP contribution >= 0.6 is 0 Å². The fourth-order valence-electron chi connectivity index (χ4n) is 0. The fraction of sp³-hybridized carbons (Fsp3) is 0. The van der Waals surface area contributed by atoms with Crippen molar-refractivity contribution in [1.82, 2.24) is 0 Å². The van der Waals surface area contributed by atoms with E-state index in [1.54, 1.807) is 0 Å². The number of hydrogen-bond donors (Lipinski definition) is 0. The Hall–Kier alpha value is 2.28. The van der Waals surface area contributed by atoms with Crippen LogP contribution in [0.5, 0.6) is 0 Å². The molecule has 0 spiro atoms. The third-order valence-corrected chi connectivity index (χ3v) is 0. The molecule has 0 aromatic carbocycles. The molecule has 0 unspecified atom stereocenters. The summed E-state index contributed by atoms with van der Waals surface area (Å²) in [5.41, 5.74) is 0. The van der Waals surface area contributed by atoms with E-state index in [9.17, 15) is 0 Å². The summed E-state index contributed by atoms with van der Waals surface area (Å²) < 4.78 is 0. The molecule has 0 saturated heterocycles. The molecule has 0 aromatic rings. The second-order valence-corrected chi connectivity index (χ2v) is 0. The third kappa shape index (κ3) is 84.4. The predicted molar refractivity (Wildman–Crippen MR) is 3.43 cm³/mol. The van der Waals surface area contributed by atoms with Crippen LogP contribution in [0.2, 0.25) is 0 Å². The third-order valence-electron chi connectivity index (χ3n) is 0. The molecule has 0 saturated carbocycles. The maximum Gasteiger partial charge on any atom is 3.00 e. The van der Waals surface area contributed by atoms with E-state index in [4.69, 9.17) is 0 Å². The van der Waals surface area contributed by atoms with Gasteiger partial charge in [0.05, 0.1) is 0 Å². The van der Waals surface area contributed by atoms with Crippen LogP contribution in [-0.4, -0.2) is 0 Å². The number of hydrogen-bond acceptors (Lipinski definition) is 0. The summed E-state index contributed by atoms with van der Waals surface area (Å²) in [6.07, 6.45) is 0. The molecule has 0 rings (SSSR count).